The molecule has 1 aliphatic rings. The van der Waals surface area contributed by atoms with Gasteiger partial charge in [-0.1, -0.05) is 24.3 Å². The molecule has 0 saturated carbocycles. The fraction of sp³-hybridized carbons (Fsp3) is 0.0714. The SMILES string of the molecule is O=C(O)c1ccc2c(c1)Oc1ccccc1C2. The van der Waals surface area contributed by atoms with Gasteiger partial charge in [-0.2, -0.15) is 0 Å². The van der Waals surface area contributed by atoms with E-state index in [1.165, 1.54) is 0 Å². The Morgan fingerprint density at radius 3 is 2.65 bits per heavy atom. The zero-order chi connectivity index (χ0) is 11.8. The summed E-state index contributed by atoms with van der Waals surface area (Å²) in [6.07, 6.45) is 0.783. The minimum Gasteiger partial charge on any atom is -0.478 e. The van der Waals surface area contributed by atoms with Crippen molar-refractivity contribution in [2.75, 3.05) is 0 Å². The van der Waals surface area contributed by atoms with Crippen LogP contribution in [0.3, 0.4) is 0 Å². The quantitative estimate of drug-likeness (QED) is 0.693. The van der Waals surface area contributed by atoms with Crippen LogP contribution in [0.25, 0.3) is 0 Å². The molecule has 1 N–H and O–H groups in total. The summed E-state index contributed by atoms with van der Waals surface area (Å²) in [6, 6.07) is 12.8. The van der Waals surface area contributed by atoms with E-state index in [2.05, 4.69) is 0 Å². The van der Waals surface area contributed by atoms with E-state index in [4.69, 9.17) is 9.84 Å². The van der Waals surface area contributed by atoms with Gasteiger partial charge in [0.1, 0.15) is 11.5 Å². The average Bonchev–Trinajstić information content (AvgIpc) is 2.35. The first kappa shape index (κ1) is 9.90. The van der Waals surface area contributed by atoms with E-state index in [1.807, 2.05) is 30.3 Å². The van der Waals surface area contributed by atoms with E-state index < -0.39 is 5.97 Å². The Balaban J connectivity index is 2.06. The van der Waals surface area contributed by atoms with Gasteiger partial charge in [0.2, 0.25) is 0 Å². The highest BCUT2D eigenvalue weighted by molar-refractivity contribution is 5.88. The molecule has 3 heteroatoms. The topological polar surface area (TPSA) is 46.5 Å². The van der Waals surface area contributed by atoms with E-state index in [0.717, 1.165) is 23.3 Å². The Hall–Kier alpha value is -2.29. The third kappa shape index (κ3) is 1.65. The van der Waals surface area contributed by atoms with Crippen LogP contribution in [0.15, 0.2) is 42.5 Å². The number of para-hydroxylation sites is 1. The zero-order valence-electron chi connectivity index (χ0n) is 9.01. The van der Waals surface area contributed by atoms with Crippen molar-refractivity contribution in [3.8, 4) is 11.5 Å². The minimum absolute atomic E-state index is 0.253. The third-order valence-electron chi connectivity index (χ3n) is 2.89. The molecule has 0 aliphatic carbocycles. The summed E-state index contributed by atoms with van der Waals surface area (Å²) < 4.78 is 5.70. The summed E-state index contributed by atoms with van der Waals surface area (Å²) in [6.45, 7) is 0. The van der Waals surface area contributed by atoms with Crippen LogP contribution in [-0.2, 0) is 6.42 Å². The highest BCUT2D eigenvalue weighted by atomic mass is 16.5. The Morgan fingerprint density at radius 1 is 1.06 bits per heavy atom. The van der Waals surface area contributed by atoms with E-state index in [-0.39, 0.29) is 5.56 Å². The summed E-state index contributed by atoms with van der Waals surface area (Å²) in [5, 5.41) is 8.93. The number of rotatable bonds is 1. The standard InChI is InChI=1S/C14H10O3/c15-14(16)11-6-5-10-7-9-3-1-2-4-12(9)17-13(10)8-11/h1-6,8H,7H2,(H,15,16). The van der Waals surface area contributed by atoms with E-state index >= 15 is 0 Å². The maximum absolute atomic E-state index is 10.9. The van der Waals surface area contributed by atoms with Gasteiger partial charge < -0.3 is 9.84 Å². The predicted octanol–water partition coefficient (Wildman–Crippen LogP) is 3.08. The summed E-state index contributed by atoms with van der Waals surface area (Å²) in [7, 11) is 0. The van der Waals surface area contributed by atoms with Crippen LogP contribution >= 0.6 is 0 Å². The number of ether oxygens (including phenoxy) is 1. The largest absolute Gasteiger partial charge is 0.478 e. The number of fused-ring (bicyclic) bond motifs is 2. The molecule has 0 unspecified atom stereocenters. The molecule has 1 heterocycles. The molecule has 2 aromatic rings. The molecule has 1 aliphatic heterocycles. The second-order valence-corrected chi connectivity index (χ2v) is 4.01. The van der Waals surface area contributed by atoms with E-state index in [0.29, 0.717) is 5.75 Å². The molecule has 17 heavy (non-hydrogen) atoms. The third-order valence-corrected chi connectivity index (χ3v) is 2.89. The van der Waals surface area contributed by atoms with Crippen molar-refractivity contribution in [3.63, 3.8) is 0 Å². The molecule has 0 atom stereocenters. The van der Waals surface area contributed by atoms with Gasteiger partial charge in [-0.15, -0.1) is 0 Å². The minimum atomic E-state index is -0.935. The molecule has 0 spiro atoms. The molecule has 0 saturated heterocycles. The van der Waals surface area contributed by atoms with Gasteiger partial charge >= 0.3 is 5.97 Å². The lowest BCUT2D eigenvalue weighted by Crippen LogP contribution is -2.05. The number of benzene rings is 2. The van der Waals surface area contributed by atoms with Crippen LogP contribution < -0.4 is 4.74 Å². The number of carboxylic acids is 1. The van der Waals surface area contributed by atoms with E-state index in [1.54, 1.807) is 12.1 Å². The first-order valence-electron chi connectivity index (χ1n) is 5.36. The average molecular weight is 226 g/mol. The van der Waals surface area contributed by atoms with Crippen molar-refractivity contribution in [1.29, 1.82) is 0 Å². The predicted molar refractivity (Wildman–Crippen MR) is 62.7 cm³/mol. The molecule has 0 amide bonds. The lowest BCUT2D eigenvalue weighted by atomic mass is 9.99. The second kappa shape index (κ2) is 3.63. The highest BCUT2D eigenvalue weighted by Crippen LogP contribution is 2.36. The maximum Gasteiger partial charge on any atom is 0.335 e. The molecular weight excluding hydrogens is 216 g/mol. The van der Waals surface area contributed by atoms with Gasteiger partial charge in [0, 0.05) is 6.42 Å². The molecule has 0 fully saturated rings. The Morgan fingerprint density at radius 2 is 1.82 bits per heavy atom. The summed E-state index contributed by atoms with van der Waals surface area (Å²) in [5.41, 5.74) is 2.40. The van der Waals surface area contributed by atoms with Gasteiger partial charge in [0.05, 0.1) is 5.56 Å². The van der Waals surface area contributed by atoms with Crippen LogP contribution in [-0.4, -0.2) is 11.1 Å². The monoisotopic (exact) mass is 226 g/mol. The number of carboxylic acid groups (broad SMARTS) is 1. The summed E-state index contributed by atoms with van der Waals surface area (Å²) >= 11 is 0. The van der Waals surface area contributed by atoms with Crippen LogP contribution in [0.1, 0.15) is 21.5 Å². The van der Waals surface area contributed by atoms with Crippen LogP contribution in [0.2, 0.25) is 0 Å². The molecule has 0 bridgehead atoms. The van der Waals surface area contributed by atoms with Crippen molar-refractivity contribution in [2.24, 2.45) is 0 Å². The van der Waals surface area contributed by atoms with Crippen molar-refractivity contribution >= 4 is 5.97 Å². The zero-order valence-corrected chi connectivity index (χ0v) is 9.01. The van der Waals surface area contributed by atoms with Gasteiger partial charge in [-0.3, -0.25) is 0 Å². The molecule has 84 valence electrons. The highest BCUT2D eigenvalue weighted by Gasteiger charge is 2.17. The molecule has 3 nitrogen and oxygen atoms in total. The number of carbonyl (C=O) groups is 1. The van der Waals surface area contributed by atoms with Crippen molar-refractivity contribution in [3.05, 3.63) is 59.2 Å². The maximum atomic E-state index is 10.9. The smallest absolute Gasteiger partial charge is 0.335 e. The first-order valence-corrected chi connectivity index (χ1v) is 5.36. The fourth-order valence-corrected chi connectivity index (χ4v) is 2.00. The van der Waals surface area contributed by atoms with Gasteiger partial charge in [-0.05, 0) is 29.3 Å². The number of hydrogen-bond donors (Lipinski definition) is 1. The normalized spacial score (nSPS) is 12.2. The van der Waals surface area contributed by atoms with Crippen LogP contribution in [0, 0.1) is 0 Å². The lowest BCUT2D eigenvalue weighted by Gasteiger charge is -2.20. The second-order valence-electron chi connectivity index (χ2n) is 4.01. The Kier molecular flexibility index (Phi) is 2.11. The van der Waals surface area contributed by atoms with Crippen molar-refractivity contribution in [1.82, 2.24) is 0 Å². The lowest BCUT2D eigenvalue weighted by molar-refractivity contribution is 0.0696. The summed E-state index contributed by atoms with van der Waals surface area (Å²) in [5.74, 6) is 0.515. The van der Waals surface area contributed by atoms with Gasteiger partial charge in [0.15, 0.2) is 0 Å². The van der Waals surface area contributed by atoms with Crippen LogP contribution in [0.5, 0.6) is 11.5 Å². The van der Waals surface area contributed by atoms with E-state index in [9.17, 15) is 4.79 Å². The molecule has 0 aromatic heterocycles. The van der Waals surface area contributed by atoms with Gasteiger partial charge in [0.25, 0.3) is 0 Å². The molecule has 2 aromatic carbocycles. The van der Waals surface area contributed by atoms with Crippen LogP contribution in [0.4, 0.5) is 0 Å². The Bertz CT molecular complexity index is 602. The summed E-state index contributed by atoms with van der Waals surface area (Å²) in [4.78, 5) is 10.9. The molecule has 0 radical (unpaired) electrons. The molecular formula is C14H10O3. The fourth-order valence-electron chi connectivity index (χ4n) is 2.00. The van der Waals surface area contributed by atoms with Crippen molar-refractivity contribution in [2.45, 2.75) is 6.42 Å². The molecule has 3 rings (SSSR count). The number of aromatic carboxylic acids is 1. The van der Waals surface area contributed by atoms with Crippen molar-refractivity contribution < 1.29 is 14.6 Å². The first-order chi connectivity index (χ1) is 8.24. The van der Waals surface area contributed by atoms with Gasteiger partial charge in [-0.25, -0.2) is 4.79 Å². The Labute approximate surface area is 98.3 Å². The number of hydrogen-bond acceptors (Lipinski definition) is 2.